The number of rotatable bonds is 10. The summed E-state index contributed by atoms with van der Waals surface area (Å²) in [7, 11) is 0. The van der Waals surface area contributed by atoms with Crippen molar-refractivity contribution in [2.75, 3.05) is 42.6 Å². The van der Waals surface area contributed by atoms with Gasteiger partial charge in [0.15, 0.2) is 11.8 Å². The summed E-state index contributed by atoms with van der Waals surface area (Å²) in [5.74, 6) is -2.26. The van der Waals surface area contributed by atoms with E-state index in [1.807, 2.05) is 78.9 Å². The zero-order valence-corrected chi connectivity index (χ0v) is 36.8. The second kappa shape index (κ2) is 16.9. The number of fused-ring (bicyclic) bond motifs is 2. The maximum absolute atomic E-state index is 16.3. The molecule has 5 aromatic rings. The number of carbonyl (C=O) groups excluding carboxylic acids is 2. The molecule has 3 aliphatic heterocycles. The summed E-state index contributed by atoms with van der Waals surface area (Å²) in [5.41, 5.74) is -3.17. The van der Waals surface area contributed by atoms with Crippen molar-refractivity contribution in [3.05, 3.63) is 131 Å². The first-order valence-corrected chi connectivity index (χ1v) is 23.3. The van der Waals surface area contributed by atoms with Crippen molar-refractivity contribution in [1.82, 2.24) is 25.3 Å². The monoisotopic (exact) mass is 917 g/mol. The standard InChI is InChI=1S/C51H51F4N7O5/c52-49-27-32-24-35(28-49)50(36(25-32)29-49,45(64)67-42(33-8-3-1-4-9-33)34-10-5-2-6-11-34)60-44(63)39-30-58-47(59-43(39)51(53,54)55)62-31-48(16-22-65-23-17-48)40-26-38(12-13-41(40)62)66-37-14-20-61(21-15-37)46-56-18-7-19-57-46/h1-13,18-19,26,30,32,35-37,42H,14-17,20-25,27-29,31H2,(H,60,63)/t32?,35-,36+,49-,50-. The quantitative estimate of drug-likeness (QED) is 0.107. The Balaban J connectivity index is 0.896. The van der Waals surface area contributed by atoms with Crippen molar-refractivity contribution < 1.29 is 41.4 Å². The van der Waals surface area contributed by atoms with E-state index in [9.17, 15) is 4.79 Å². The minimum Gasteiger partial charge on any atom is -0.490 e. The number of ether oxygens (including phenoxy) is 3. The fourth-order valence-corrected chi connectivity index (χ4v) is 12.3. The molecular formula is C51H51F4N7O5. The average Bonchev–Trinajstić information content (AvgIpc) is 3.64. The van der Waals surface area contributed by atoms with Gasteiger partial charge in [0.2, 0.25) is 11.9 Å². The molecule has 1 amide bonds. The molecule has 4 bridgehead atoms. The first kappa shape index (κ1) is 43.4. The molecule has 5 atom stereocenters. The van der Waals surface area contributed by atoms with Crippen molar-refractivity contribution in [3.8, 4) is 5.75 Å². The Morgan fingerprint density at radius 1 is 0.821 bits per heavy atom. The number of nitrogens with zero attached hydrogens (tertiary/aromatic N) is 6. The highest BCUT2D eigenvalue weighted by Gasteiger charge is 2.67. The highest BCUT2D eigenvalue weighted by Crippen LogP contribution is 2.62. The summed E-state index contributed by atoms with van der Waals surface area (Å²) in [6.45, 7) is 2.70. The molecule has 12 nitrogen and oxygen atoms in total. The van der Waals surface area contributed by atoms with E-state index in [4.69, 9.17) is 14.2 Å². The minimum atomic E-state index is -5.09. The Kier molecular flexibility index (Phi) is 10.9. The number of nitrogens with one attached hydrogen (secondary N) is 1. The fraction of sp³-hybridized carbons (Fsp3) is 0.451. The van der Waals surface area contributed by atoms with Gasteiger partial charge in [-0.3, -0.25) is 4.79 Å². The van der Waals surface area contributed by atoms with Crippen molar-refractivity contribution in [2.45, 2.75) is 92.8 Å². The molecule has 2 aromatic heterocycles. The molecule has 12 rings (SSSR count). The van der Waals surface area contributed by atoms with Crippen LogP contribution in [0.5, 0.6) is 5.75 Å². The van der Waals surface area contributed by atoms with Gasteiger partial charge >= 0.3 is 12.1 Å². The maximum atomic E-state index is 16.3. The maximum Gasteiger partial charge on any atom is 0.434 e. The number of carbonyl (C=O) groups is 2. The molecule has 16 heteroatoms. The van der Waals surface area contributed by atoms with Crippen LogP contribution in [0.4, 0.5) is 35.1 Å². The molecule has 5 heterocycles. The Labute approximate surface area is 385 Å². The molecule has 348 valence electrons. The molecule has 67 heavy (non-hydrogen) atoms. The van der Waals surface area contributed by atoms with Gasteiger partial charge in [-0.1, -0.05) is 60.7 Å². The number of hydrogen-bond acceptors (Lipinski definition) is 11. The van der Waals surface area contributed by atoms with E-state index < -0.39 is 63.9 Å². The predicted molar refractivity (Wildman–Crippen MR) is 239 cm³/mol. The van der Waals surface area contributed by atoms with E-state index in [0.717, 1.165) is 37.7 Å². The van der Waals surface area contributed by atoms with Gasteiger partial charge < -0.3 is 29.3 Å². The van der Waals surface area contributed by atoms with Crippen molar-refractivity contribution in [3.63, 3.8) is 0 Å². The fourth-order valence-electron chi connectivity index (χ4n) is 12.3. The lowest BCUT2D eigenvalue weighted by Gasteiger charge is -2.61. The van der Waals surface area contributed by atoms with E-state index in [0.29, 0.717) is 80.4 Å². The van der Waals surface area contributed by atoms with Crippen LogP contribution in [0, 0.1) is 17.8 Å². The molecule has 1 spiro atoms. The Morgan fingerprint density at radius 2 is 1.48 bits per heavy atom. The lowest BCUT2D eigenvalue weighted by molar-refractivity contribution is -0.183. The molecule has 3 aromatic carbocycles. The summed E-state index contributed by atoms with van der Waals surface area (Å²) >= 11 is 0. The third kappa shape index (κ3) is 7.93. The zero-order chi connectivity index (χ0) is 46.0. The van der Waals surface area contributed by atoms with Crippen LogP contribution in [0.2, 0.25) is 0 Å². The molecule has 2 saturated heterocycles. The zero-order valence-electron chi connectivity index (χ0n) is 36.8. The van der Waals surface area contributed by atoms with Crippen LogP contribution >= 0.6 is 0 Å². The van der Waals surface area contributed by atoms with Gasteiger partial charge in [0.1, 0.15) is 23.1 Å². The highest BCUT2D eigenvalue weighted by molar-refractivity contribution is 5.99. The first-order chi connectivity index (χ1) is 32.4. The van der Waals surface area contributed by atoms with Crippen LogP contribution in [0.15, 0.2) is 104 Å². The normalized spacial score (nSPS) is 26.4. The summed E-state index contributed by atoms with van der Waals surface area (Å²) in [6.07, 6.45) is 2.26. The van der Waals surface area contributed by atoms with E-state index in [1.165, 1.54) is 0 Å². The van der Waals surface area contributed by atoms with Gasteiger partial charge in [0, 0.05) is 75.4 Å². The van der Waals surface area contributed by atoms with Gasteiger partial charge in [-0.2, -0.15) is 13.2 Å². The third-order valence-electron chi connectivity index (χ3n) is 15.3. The third-order valence-corrected chi connectivity index (χ3v) is 15.3. The molecule has 7 aliphatic rings. The lowest BCUT2D eigenvalue weighted by Crippen LogP contribution is -2.72. The molecule has 1 N–H and O–H groups in total. The van der Waals surface area contributed by atoms with Crippen molar-refractivity contribution >= 4 is 29.5 Å². The number of alkyl halides is 4. The number of aromatic nitrogens is 4. The van der Waals surface area contributed by atoms with Gasteiger partial charge in [0.25, 0.3) is 5.91 Å². The average molecular weight is 918 g/mol. The first-order valence-electron chi connectivity index (χ1n) is 23.3. The Hall–Kier alpha value is -6.16. The van der Waals surface area contributed by atoms with Gasteiger partial charge in [-0.15, -0.1) is 0 Å². The van der Waals surface area contributed by atoms with E-state index in [1.54, 1.807) is 23.4 Å². The van der Waals surface area contributed by atoms with Gasteiger partial charge in [-0.05, 0) is 104 Å². The van der Waals surface area contributed by atoms with Crippen LogP contribution in [-0.2, 0) is 25.9 Å². The van der Waals surface area contributed by atoms with Crippen LogP contribution in [0.3, 0.4) is 0 Å². The molecular weight excluding hydrogens is 867 g/mol. The summed E-state index contributed by atoms with van der Waals surface area (Å²) < 4.78 is 81.1. The minimum absolute atomic E-state index is 0.0187. The van der Waals surface area contributed by atoms with Crippen LogP contribution in [0.1, 0.15) is 96.6 Å². The second-order valence-corrected chi connectivity index (χ2v) is 19.4. The topological polar surface area (TPSA) is 132 Å². The van der Waals surface area contributed by atoms with E-state index >= 15 is 22.4 Å². The van der Waals surface area contributed by atoms with Crippen LogP contribution in [0.25, 0.3) is 0 Å². The molecule has 6 fully saturated rings. The van der Waals surface area contributed by atoms with E-state index in [-0.39, 0.29) is 30.8 Å². The van der Waals surface area contributed by atoms with Crippen molar-refractivity contribution in [1.29, 1.82) is 0 Å². The number of halogens is 4. The number of benzene rings is 3. The molecule has 1 unspecified atom stereocenters. The Bertz CT molecular complexity index is 2570. The summed E-state index contributed by atoms with van der Waals surface area (Å²) in [6, 6.07) is 25.7. The number of hydrogen-bond donors (Lipinski definition) is 1. The lowest BCUT2D eigenvalue weighted by atomic mass is 9.47. The SMILES string of the molecule is O=C(N[C@]1(C(=O)OC(c2ccccc2)c2ccccc2)[C@@H]2CC3C[C@H]1C[C@@](F)(C3)C2)c1cnc(N2CC3(CCOCC3)c3cc(OC4CCN(c5ncccn5)CC4)ccc32)nc1C(F)(F)F. The smallest absolute Gasteiger partial charge is 0.434 e. The number of anilines is 3. The van der Waals surface area contributed by atoms with Crippen LogP contribution < -0.4 is 19.9 Å². The summed E-state index contributed by atoms with van der Waals surface area (Å²) in [5, 5.41) is 2.82. The molecule has 4 saturated carbocycles. The predicted octanol–water partition coefficient (Wildman–Crippen LogP) is 8.88. The van der Waals surface area contributed by atoms with Gasteiger partial charge in [0.05, 0.1) is 5.56 Å². The largest absolute Gasteiger partial charge is 0.490 e. The van der Waals surface area contributed by atoms with E-state index in [2.05, 4.69) is 30.2 Å². The van der Waals surface area contributed by atoms with Gasteiger partial charge in [-0.25, -0.2) is 29.1 Å². The highest BCUT2D eigenvalue weighted by atomic mass is 19.4. The Morgan fingerprint density at radius 3 is 2.10 bits per heavy atom. The van der Waals surface area contributed by atoms with Crippen LogP contribution in [-0.4, -0.2) is 82.0 Å². The number of esters is 1. The van der Waals surface area contributed by atoms with Crippen molar-refractivity contribution in [2.24, 2.45) is 17.8 Å². The molecule has 4 aliphatic carbocycles. The summed E-state index contributed by atoms with van der Waals surface area (Å²) in [4.78, 5) is 50.8. The number of amides is 1. The number of piperidine rings is 1. The second-order valence-electron chi connectivity index (χ2n) is 19.4. The molecule has 0 radical (unpaired) electrons.